The Hall–Kier alpha value is -0.180. The fourth-order valence-corrected chi connectivity index (χ4v) is 3.21. The molecule has 0 saturated heterocycles. The molecule has 0 amide bonds. The van der Waals surface area contributed by atoms with E-state index in [1.807, 2.05) is 0 Å². The van der Waals surface area contributed by atoms with Gasteiger partial charge in [0.25, 0.3) is 0 Å². The molecule has 82 valence electrons. The van der Waals surface area contributed by atoms with Gasteiger partial charge in [-0.1, -0.05) is 26.2 Å². The number of carbonyl (C=O) groups is 1. The molecule has 1 unspecified atom stereocenters. The van der Waals surface area contributed by atoms with Crippen LogP contribution in [0.5, 0.6) is 0 Å². The average Bonchev–Trinajstić information content (AvgIpc) is 2.67. The summed E-state index contributed by atoms with van der Waals surface area (Å²) in [5.41, 5.74) is 0. The molecule has 1 fully saturated rings. The molecule has 3 heteroatoms. The zero-order chi connectivity index (χ0) is 10.4. The Balaban J connectivity index is 2.21. The predicted octanol–water partition coefficient (Wildman–Crippen LogP) is 2.29. The summed E-state index contributed by atoms with van der Waals surface area (Å²) in [6, 6.07) is 0. The van der Waals surface area contributed by atoms with Crippen molar-refractivity contribution in [3.05, 3.63) is 0 Å². The molecule has 0 spiro atoms. The molecule has 0 aliphatic heterocycles. The molecular weight excluding hydrogens is 196 g/mol. The largest absolute Gasteiger partial charge is 0.298 e. The van der Waals surface area contributed by atoms with E-state index in [0.29, 0.717) is 11.5 Å². The van der Waals surface area contributed by atoms with E-state index < -0.39 is 10.8 Å². The smallest absolute Gasteiger partial charge is 0.148 e. The maximum absolute atomic E-state index is 11.6. The lowest BCUT2D eigenvalue weighted by molar-refractivity contribution is -0.120. The quantitative estimate of drug-likeness (QED) is 0.682. The number of unbranched alkanes of at least 4 members (excludes halogenated alkanes) is 1. The molecule has 2 nitrogen and oxygen atoms in total. The number of hydrogen-bond donors (Lipinski definition) is 0. The van der Waals surface area contributed by atoms with Gasteiger partial charge in [-0.2, -0.15) is 0 Å². The van der Waals surface area contributed by atoms with Crippen LogP contribution < -0.4 is 0 Å². The van der Waals surface area contributed by atoms with Crippen LogP contribution in [0.25, 0.3) is 0 Å². The first-order valence-electron chi connectivity index (χ1n) is 5.61. The molecule has 0 bridgehead atoms. The van der Waals surface area contributed by atoms with Crippen molar-refractivity contribution in [1.82, 2.24) is 0 Å². The molecule has 0 aromatic rings. The van der Waals surface area contributed by atoms with Gasteiger partial charge in [-0.15, -0.1) is 0 Å². The molecule has 0 aromatic carbocycles. The van der Waals surface area contributed by atoms with Crippen molar-refractivity contribution in [3.8, 4) is 0 Å². The van der Waals surface area contributed by atoms with Crippen LogP contribution in [0.2, 0.25) is 0 Å². The fraction of sp³-hybridized carbons (Fsp3) is 0.909. The van der Waals surface area contributed by atoms with Crippen LogP contribution in [-0.2, 0) is 15.6 Å². The maximum Gasteiger partial charge on any atom is 0.148 e. The number of hydrogen-bond acceptors (Lipinski definition) is 2. The first kappa shape index (κ1) is 11.9. The molecule has 0 radical (unpaired) electrons. The summed E-state index contributed by atoms with van der Waals surface area (Å²) >= 11 is 0. The Bertz CT molecular complexity index is 207. The first-order chi connectivity index (χ1) is 6.74. The third kappa shape index (κ3) is 3.91. The monoisotopic (exact) mass is 216 g/mol. The summed E-state index contributed by atoms with van der Waals surface area (Å²) in [5, 5.41) is 0. The van der Waals surface area contributed by atoms with Gasteiger partial charge in [0.2, 0.25) is 0 Å². The highest BCUT2D eigenvalue weighted by molar-refractivity contribution is 7.85. The number of Topliss-reactive ketones (excluding diaryl/α,β-unsaturated/α-hetero) is 1. The van der Waals surface area contributed by atoms with E-state index >= 15 is 0 Å². The van der Waals surface area contributed by atoms with Gasteiger partial charge < -0.3 is 0 Å². The summed E-state index contributed by atoms with van der Waals surface area (Å²) in [5.74, 6) is 1.50. The van der Waals surface area contributed by atoms with Crippen LogP contribution in [0.15, 0.2) is 0 Å². The average molecular weight is 216 g/mol. The third-order valence-corrected chi connectivity index (χ3v) is 4.19. The Kier molecular flexibility index (Phi) is 5.38. The highest BCUT2D eigenvalue weighted by Crippen LogP contribution is 2.25. The molecule has 0 aromatic heterocycles. The van der Waals surface area contributed by atoms with Gasteiger partial charge in [0.15, 0.2) is 0 Å². The van der Waals surface area contributed by atoms with Gasteiger partial charge in [0.1, 0.15) is 5.78 Å². The molecule has 14 heavy (non-hydrogen) atoms. The van der Waals surface area contributed by atoms with Gasteiger partial charge in [-0.25, -0.2) is 0 Å². The van der Waals surface area contributed by atoms with E-state index in [2.05, 4.69) is 6.92 Å². The minimum Gasteiger partial charge on any atom is -0.298 e. The van der Waals surface area contributed by atoms with Gasteiger partial charge >= 0.3 is 0 Å². The molecule has 0 N–H and O–H groups in total. The molecule has 1 atom stereocenters. The van der Waals surface area contributed by atoms with E-state index in [1.165, 1.54) is 12.8 Å². The predicted molar refractivity (Wildman–Crippen MR) is 59.7 cm³/mol. The van der Waals surface area contributed by atoms with Crippen molar-refractivity contribution in [2.75, 3.05) is 11.5 Å². The standard InChI is InChI=1S/C11H20O2S/c1-2-3-8-14(13)9-11(12)10-6-4-5-7-10/h10H,2-9H2,1H3. The van der Waals surface area contributed by atoms with Crippen LogP contribution in [-0.4, -0.2) is 21.5 Å². The van der Waals surface area contributed by atoms with E-state index in [0.717, 1.165) is 25.7 Å². The lowest BCUT2D eigenvalue weighted by Gasteiger charge is -2.06. The van der Waals surface area contributed by atoms with Crippen molar-refractivity contribution in [2.45, 2.75) is 45.4 Å². The van der Waals surface area contributed by atoms with Crippen LogP contribution in [0, 0.1) is 5.92 Å². The van der Waals surface area contributed by atoms with Gasteiger partial charge in [0, 0.05) is 22.5 Å². The van der Waals surface area contributed by atoms with Crippen molar-refractivity contribution in [2.24, 2.45) is 5.92 Å². The lowest BCUT2D eigenvalue weighted by atomic mass is 10.0. The van der Waals surface area contributed by atoms with E-state index in [9.17, 15) is 9.00 Å². The zero-order valence-electron chi connectivity index (χ0n) is 8.96. The van der Waals surface area contributed by atoms with E-state index in [-0.39, 0.29) is 11.7 Å². The fourth-order valence-electron chi connectivity index (χ4n) is 1.90. The van der Waals surface area contributed by atoms with Gasteiger partial charge in [-0.05, 0) is 19.3 Å². The summed E-state index contributed by atoms with van der Waals surface area (Å²) in [6.07, 6.45) is 6.46. The minimum absolute atomic E-state index is 0.237. The van der Waals surface area contributed by atoms with Gasteiger partial charge in [0.05, 0.1) is 5.75 Å². The highest BCUT2D eigenvalue weighted by atomic mass is 32.2. The zero-order valence-corrected chi connectivity index (χ0v) is 9.78. The second-order valence-corrected chi connectivity index (χ2v) is 5.67. The Labute approximate surface area is 88.9 Å². The molecule has 1 rings (SSSR count). The second-order valence-electron chi connectivity index (χ2n) is 4.09. The molecule has 0 heterocycles. The SMILES string of the molecule is CCCCS(=O)CC(=O)C1CCCC1. The summed E-state index contributed by atoms with van der Waals surface area (Å²) < 4.78 is 11.5. The lowest BCUT2D eigenvalue weighted by Crippen LogP contribution is -2.19. The Morgan fingerprint density at radius 2 is 2.00 bits per heavy atom. The minimum atomic E-state index is -0.896. The van der Waals surface area contributed by atoms with Crippen LogP contribution in [0.1, 0.15) is 45.4 Å². The van der Waals surface area contributed by atoms with Crippen LogP contribution >= 0.6 is 0 Å². The first-order valence-corrected chi connectivity index (χ1v) is 7.10. The summed E-state index contributed by atoms with van der Waals surface area (Å²) in [7, 11) is -0.896. The third-order valence-electron chi connectivity index (χ3n) is 2.84. The topological polar surface area (TPSA) is 34.1 Å². The van der Waals surface area contributed by atoms with Crippen molar-refractivity contribution in [1.29, 1.82) is 0 Å². The normalized spacial score (nSPS) is 19.8. The highest BCUT2D eigenvalue weighted by Gasteiger charge is 2.23. The van der Waals surface area contributed by atoms with Crippen molar-refractivity contribution >= 4 is 16.6 Å². The van der Waals surface area contributed by atoms with Crippen molar-refractivity contribution < 1.29 is 9.00 Å². The Morgan fingerprint density at radius 1 is 1.36 bits per heavy atom. The molecular formula is C11H20O2S. The maximum atomic E-state index is 11.6. The molecule has 1 aliphatic carbocycles. The summed E-state index contributed by atoms with van der Waals surface area (Å²) in [4.78, 5) is 11.6. The summed E-state index contributed by atoms with van der Waals surface area (Å²) in [6.45, 7) is 2.08. The van der Waals surface area contributed by atoms with Crippen LogP contribution in [0.4, 0.5) is 0 Å². The van der Waals surface area contributed by atoms with E-state index in [1.54, 1.807) is 0 Å². The number of carbonyl (C=O) groups excluding carboxylic acids is 1. The van der Waals surface area contributed by atoms with Gasteiger partial charge in [-0.3, -0.25) is 9.00 Å². The van der Waals surface area contributed by atoms with E-state index in [4.69, 9.17) is 0 Å². The molecule has 1 aliphatic rings. The molecule has 1 saturated carbocycles. The number of ketones is 1. The second kappa shape index (κ2) is 6.33. The van der Waals surface area contributed by atoms with Crippen molar-refractivity contribution in [3.63, 3.8) is 0 Å². The number of rotatable bonds is 6. The van der Waals surface area contributed by atoms with Crippen LogP contribution in [0.3, 0.4) is 0 Å². The Morgan fingerprint density at radius 3 is 2.57 bits per heavy atom.